The molecule has 1 fully saturated rings. The zero-order valence-corrected chi connectivity index (χ0v) is 14.9. The predicted molar refractivity (Wildman–Crippen MR) is 96.7 cm³/mol. The first-order valence-corrected chi connectivity index (χ1v) is 9.09. The van der Waals surface area contributed by atoms with Crippen molar-refractivity contribution in [1.82, 2.24) is 15.2 Å². The summed E-state index contributed by atoms with van der Waals surface area (Å²) in [4.78, 5) is 19.8. The number of nitrogens with one attached hydrogen (secondary N) is 1. The van der Waals surface area contributed by atoms with E-state index < -0.39 is 0 Å². The summed E-state index contributed by atoms with van der Waals surface area (Å²) in [6.07, 6.45) is 4.87. The summed E-state index contributed by atoms with van der Waals surface area (Å²) in [5.41, 5.74) is 1.00. The van der Waals surface area contributed by atoms with E-state index in [0.29, 0.717) is 10.9 Å². The van der Waals surface area contributed by atoms with Gasteiger partial charge in [-0.25, -0.2) is 4.98 Å². The number of amides is 1. The summed E-state index contributed by atoms with van der Waals surface area (Å²) < 4.78 is 5.17. The van der Waals surface area contributed by atoms with Gasteiger partial charge >= 0.3 is 0 Å². The molecule has 5 nitrogen and oxygen atoms in total. The van der Waals surface area contributed by atoms with Gasteiger partial charge in [-0.15, -0.1) is 11.3 Å². The molecular weight excluding hydrogens is 322 g/mol. The van der Waals surface area contributed by atoms with Gasteiger partial charge in [-0.1, -0.05) is 0 Å². The molecule has 0 bridgehead atoms. The van der Waals surface area contributed by atoms with Crippen LogP contribution in [0.4, 0.5) is 0 Å². The Bertz CT molecular complexity index is 676. The first-order valence-electron chi connectivity index (χ1n) is 8.27. The molecular formula is C18H23N3O2S. The minimum absolute atomic E-state index is 0.0687. The number of aromatic nitrogens is 1. The topological polar surface area (TPSA) is 54.5 Å². The minimum atomic E-state index is 0.0687. The molecule has 1 N–H and O–H groups in total. The Morgan fingerprint density at radius 3 is 2.83 bits per heavy atom. The molecule has 1 aromatic carbocycles. The molecule has 1 saturated heterocycles. The number of carbonyl (C=O) groups excluding carboxylic acids is 1. The van der Waals surface area contributed by atoms with E-state index in [1.807, 2.05) is 36.2 Å². The van der Waals surface area contributed by atoms with Gasteiger partial charge in [-0.2, -0.15) is 0 Å². The monoisotopic (exact) mass is 345 g/mol. The molecule has 1 unspecified atom stereocenters. The van der Waals surface area contributed by atoms with Gasteiger partial charge in [0.2, 0.25) is 0 Å². The van der Waals surface area contributed by atoms with Gasteiger partial charge in [0.05, 0.1) is 13.3 Å². The fourth-order valence-electron chi connectivity index (χ4n) is 2.97. The standard InChI is InChI=1S/C18H23N3O2S/c1-21(14-4-3-10-19-11-9-14)18(22)16-12-20-17(24-16)13-5-7-15(23-2)8-6-13/h5-8,12,14,19H,3-4,9-11H2,1-2H3. The molecule has 0 spiro atoms. The summed E-state index contributed by atoms with van der Waals surface area (Å²) in [5.74, 6) is 0.882. The number of ether oxygens (including phenoxy) is 1. The molecule has 6 heteroatoms. The van der Waals surface area contributed by atoms with E-state index in [-0.39, 0.29) is 5.91 Å². The first-order chi connectivity index (χ1) is 11.7. The highest BCUT2D eigenvalue weighted by atomic mass is 32.1. The fraction of sp³-hybridized carbons (Fsp3) is 0.444. The molecule has 1 aliphatic rings. The third-order valence-electron chi connectivity index (χ3n) is 4.47. The van der Waals surface area contributed by atoms with Crippen LogP contribution in [-0.2, 0) is 0 Å². The number of methoxy groups -OCH3 is 1. The summed E-state index contributed by atoms with van der Waals surface area (Å²) in [7, 11) is 3.55. The number of hydrogen-bond acceptors (Lipinski definition) is 5. The smallest absolute Gasteiger partial charge is 0.265 e. The van der Waals surface area contributed by atoms with Crippen molar-refractivity contribution >= 4 is 17.2 Å². The van der Waals surface area contributed by atoms with Crippen molar-refractivity contribution in [2.45, 2.75) is 25.3 Å². The van der Waals surface area contributed by atoms with Gasteiger partial charge in [0.15, 0.2) is 0 Å². The number of benzene rings is 1. The molecule has 1 amide bonds. The first kappa shape index (κ1) is 16.9. The molecule has 0 aliphatic carbocycles. The van der Waals surface area contributed by atoms with Crippen LogP contribution in [0.15, 0.2) is 30.5 Å². The molecule has 0 radical (unpaired) electrons. The maximum Gasteiger partial charge on any atom is 0.265 e. The molecule has 3 rings (SSSR count). The van der Waals surface area contributed by atoms with Crippen molar-refractivity contribution < 1.29 is 9.53 Å². The van der Waals surface area contributed by atoms with Crippen LogP contribution in [0.25, 0.3) is 10.6 Å². The van der Waals surface area contributed by atoms with E-state index in [4.69, 9.17) is 4.74 Å². The van der Waals surface area contributed by atoms with E-state index in [0.717, 1.165) is 48.7 Å². The molecule has 1 aliphatic heterocycles. The average molecular weight is 345 g/mol. The van der Waals surface area contributed by atoms with Gasteiger partial charge in [0.1, 0.15) is 15.6 Å². The predicted octanol–water partition coefficient (Wildman–Crippen LogP) is 3.03. The van der Waals surface area contributed by atoms with Crippen LogP contribution < -0.4 is 10.1 Å². The second-order valence-electron chi connectivity index (χ2n) is 6.01. The minimum Gasteiger partial charge on any atom is -0.497 e. The van der Waals surface area contributed by atoms with Gasteiger partial charge in [-0.05, 0) is 56.6 Å². The number of carbonyl (C=O) groups is 1. The van der Waals surface area contributed by atoms with Gasteiger partial charge in [0, 0.05) is 18.7 Å². The molecule has 0 saturated carbocycles. The molecule has 1 aromatic heterocycles. The van der Waals surface area contributed by atoms with E-state index in [2.05, 4.69) is 10.3 Å². The third-order valence-corrected chi connectivity index (χ3v) is 5.50. The van der Waals surface area contributed by atoms with Crippen molar-refractivity contribution in [2.24, 2.45) is 0 Å². The normalized spacial score (nSPS) is 18.0. The number of nitrogens with zero attached hydrogens (tertiary/aromatic N) is 2. The van der Waals surface area contributed by atoms with E-state index in [1.54, 1.807) is 13.3 Å². The van der Waals surface area contributed by atoms with Crippen molar-refractivity contribution in [3.05, 3.63) is 35.3 Å². The fourth-order valence-corrected chi connectivity index (χ4v) is 3.87. The van der Waals surface area contributed by atoms with Crippen LogP contribution in [0.1, 0.15) is 28.9 Å². The lowest BCUT2D eigenvalue weighted by Crippen LogP contribution is -2.37. The lowest BCUT2D eigenvalue weighted by Gasteiger charge is -2.26. The summed E-state index contributed by atoms with van der Waals surface area (Å²) in [6.45, 7) is 2.02. The van der Waals surface area contributed by atoms with E-state index in [9.17, 15) is 4.79 Å². The van der Waals surface area contributed by atoms with Crippen LogP contribution in [-0.4, -0.2) is 49.1 Å². The second-order valence-corrected chi connectivity index (χ2v) is 7.04. The molecule has 2 aromatic rings. The highest BCUT2D eigenvalue weighted by Crippen LogP contribution is 2.28. The van der Waals surface area contributed by atoms with Gasteiger partial charge in [-0.3, -0.25) is 4.79 Å². The Hall–Kier alpha value is -1.92. The lowest BCUT2D eigenvalue weighted by atomic mass is 10.1. The zero-order valence-electron chi connectivity index (χ0n) is 14.1. The molecule has 2 heterocycles. The van der Waals surface area contributed by atoms with Crippen LogP contribution in [0.5, 0.6) is 5.75 Å². The van der Waals surface area contributed by atoms with Crippen LogP contribution in [0.2, 0.25) is 0 Å². The number of thiazole rings is 1. The van der Waals surface area contributed by atoms with E-state index in [1.165, 1.54) is 11.3 Å². The van der Waals surface area contributed by atoms with Crippen molar-refractivity contribution in [1.29, 1.82) is 0 Å². The Balaban J connectivity index is 1.72. The largest absolute Gasteiger partial charge is 0.497 e. The lowest BCUT2D eigenvalue weighted by molar-refractivity contribution is 0.0725. The Morgan fingerprint density at radius 2 is 2.08 bits per heavy atom. The summed E-state index contributed by atoms with van der Waals surface area (Å²) in [6, 6.07) is 8.05. The molecule has 128 valence electrons. The zero-order chi connectivity index (χ0) is 16.9. The summed E-state index contributed by atoms with van der Waals surface area (Å²) >= 11 is 1.45. The van der Waals surface area contributed by atoms with Gasteiger partial charge in [0.25, 0.3) is 5.91 Å². The average Bonchev–Trinajstić information content (AvgIpc) is 2.96. The molecule has 1 atom stereocenters. The summed E-state index contributed by atoms with van der Waals surface area (Å²) in [5, 5.41) is 4.25. The van der Waals surface area contributed by atoms with Gasteiger partial charge < -0.3 is 15.0 Å². The van der Waals surface area contributed by atoms with Crippen molar-refractivity contribution in [3.63, 3.8) is 0 Å². The maximum atomic E-state index is 12.8. The molecule has 24 heavy (non-hydrogen) atoms. The van der Waals surface area contributed by atoms with Crippen molar-refractivity contribution in [3.8, 4) is 16.3 Å². The number of rotatable bonds is 4. The number of hydrogen-bond donors (Lipinski definition) is 1. The highest BCUT2D eigenvalue weighted by Gasteiger charge is 2.23. The van der Waals surface area contributed by atoms with Crippen LogP contribution in [0.3, 0.4) is 0 Å². The van der Waals surface area contributed by atoms with Crippen LogP contribution >= 0.6 is 11.3 Å². The third kappa shape index (κ3) is 3.76. The second kappa shape index (κ2) is 7.77. The quantitative estimate of drug-likeness (QED) is 0.925. The Morgan fingerprint density at radius 1 is 1.29 bits per heavy atom. The van der Waals surface area contributed by atoms with E-state index >= 15 is 0 Å². The SMILES string of the molecule is COc1ccc(-c2ncc(C(=O)N(C)C3CCCNCC3)s2)cc1. The van der Waals surface area contributed by atoms with Crippen LogP contribution in [0, 0.1) is 0 Å². The Labute approximate surface area is 146 Å². The highest BCUT2D eigenvalue weighted by molar-refractivity contribution is 7.16. The van der Waals surface area contributed by atoms with Crippen molar-refractivity contribution in [2.75, 3.05) is 27.2 Å². The Kier molecular flexibility index (Phi) is 5.48. The maximum absolute atomic E-state index is 12.8.